The molecule has 8 nitrogen and oxygen atoms in total. The highest BCUT2D eigenvalue weighted by Crippen LogP contribution is 2.26. The standard InChI is InChI=1S/C19H22FN3O5/c1-3-27-17(24)15-12-21-19(28-15)23-9-7-22(8-10-23)16(18(25)26-2)13-5-4-6-14(20)11-13/h4-6,11-12,16H,3,7-10H2,1-2H3. The van der Waals surface area contributed by atoms with E-state index in [0.717, 1.165) is 0 Å². The number of aromatic nitrogens is 1. The van der Waals surface area contributed by atoms with Crippen LogP contribution in [-0.4, -0.2) is 61.7 Å². The summed E-state index contributed by atoms with van der Waals surface area (Å²) in [7, 11) is 1.31. The largest absolute Gasteiger partial charge is 0.468 e. The Morgan fingerprint density at radius 3 is 2.68 bits per heavy atom. The molecule has 2 aromatic rings. The Morgan fingerprint density at radius 2 is 2.04 bits per heavy atom. The molecule has 1 aromatic carbocycles. The van der Waals surface area contributed by atoms with Crippen LogP contribution in [0.5, 0.6) is 0 Å². The van der Waals surface area contributed by atoms with Crippen molar-refractivity contribution in [3.63, 3.8) is 0 Å². The van der Waals surface area contributed by atoms with Crippen molar-refractivity contribution in [2.45, 2.75) is 13.0 Å². The Labute approximate surface area is 161 Å². The van der Waals surface area contributed by atoms with E-state index in [1.165, 1.54) is 25.4 Å². The van der Waals surface area contributed by atoms with E-state index >= 15 is 0 Å². The molecule has 0 saturated carbocycles. The van der Waals surface area contributed by atoms with Crippen LogP contribution in [0.15, 0.2) is 34.9 Å². The Bertz CT molecular complexity index is 832. The van der Waals surface area contributed by atoms with E-state index in [4.69, 9.17) is 13.9 Å². The van der Waals surface area contributed by atoms with Crippen LogP contribution in [0.3, 0.4) is 0 Å². The maximum atomic E-state index is 13.6. The summed E-state index contributed by atoms with van der Waals surface area (Å²) in [6.45, 7) is 4.02. The van der Waals surface area contributed by atoms with Gasteiger partial charge in [-0.1, -0.05) is 12.1 Å². The Balaban J connectivity index is 1.69. The zero-order valence-electron chi connectivity index (χ0n) is 15.8. The zero-order chi connectivity index (χ0) is 20.1. The smallest absolute Gasteiger partial charge is 0.376 e. The van der Waals surface area contributed by atoms with Gasteiger partial charge in [0, 0.05) is 26.2 Å². The average molecular weight is 391 g/mol. The van der Waals surface area contributed by atoms with Crippen molar-refractivity contribution in [2.24, 2.45) is 0 Å². The number of piperazine rings is 1. The van der Waals surface area contributed by atoms with Gasteiger partial charge in [0.25, 0.3) is 6.01 Å². The molecule has 0 spiro atoms. The summed E-state index contributed by atoms with van der Waals surface area (Å²) in [5.74, 6) is -1.36. The molecule has 0 aliphatic carbocycles. The van der Waals surface area contributed by atoms with Gasteiger partial charge in [-0.15, -0.1) is 0 Å². The summed E-state index contributed by atoms with van der Waals surface area (Å²) >= 11 is 0. The van der Waals surface area contributed by atoms with E-state index in [-0.39, 0.29) is 12.4 Å². The number of ether oxygens (including phenoxy) is 2. The number of halogens is 1. The van der Waals surface area contributed by atoms with Crippen molar-refractivity contribution < 1.29 is 27.9 Å². The highest BCUT2D eigenvalue weighted by atomic mass is 19.1. The molecule has 1 aliphatic rings. The first-order chi connectivity index (χ1) is 13.5. The van der Waals surface area contributed by atoms with Crippen molar-refractivity contribution in [3.8, 4) is 0 Å². The molecule has 1 fully saturated rings. The van der Waals surface area contributed by atoms with Crippen molar-refractivity contribution in [1.29, 1.82) is 0 Å². The molecule has 150 valence electrons. The Morgan fingerprint density at radius 1 is 1.29 bits per heavy atom. The second kappa shape index (κ2) is 8.83. The first-order valence-electron chi connectivity index (χ1n) is 8.98. The number of esters is 2. The quantitative estimate of drug-likeness (QED) is 0.692. The lowest BCUT2D eigenvalue weighted by Gasteiger charge is -2.37. The van der Waals surface area contributed by atoms with Gasteiger partial charge in [-0.2, -0.15) is 0 Å². The number of carbonyl (C=O) groups excluding carboxylic acids is 2. The molecule has 0 N–H and O–H groups in total. The van der Waals surface area contributed by atoms with E-state index in [1.54, 1.807) is 19.1 Å². The van der Waals surface area contributed by atoms with E-state index in [2.05, 4.69) is 4.98 Å². The van der Waals surface area contributed by atoms with Crippen LogP contribution in [0.1, 0.15) is 29.1 Å². The zero-order valence-corrected chi connectivity index (χ0v) is 15.8. The van der Waals surface area contributed by atoms with Crippen LogP contribution in [-0.2, 0) is 14.3 Å². The summed E-state index contributed by atoms with van der Waals surface area (Å²) in [5, 5.41) is 0. The third kappa shape index (κ3) is 4.30. The number of carbonyl (C=O) groups is 2. The molecule has 1 aliphatic heterocycles. The highest BCUT2D eigenvalue weighted by Gasteiger charge is 2.32. The van der Waals surface area contributed by atoms with Gasteiger partial charge < -0.3 is 18.8 Å². The first-order valence-corrected chi connectivity index (χ1v) is 8.98. The fraction of sp³-hybridized carbons (Fsp3) is 0.421. The molecule has 0 radical (unpaired) electrons. The minimum absolute atomic E-state index is 0.0477. The molecule has 1 aromatic heterocycles. The summed E-state index contributed by atoms with van der Waals surface area (Å²) < 4.78 is 28.9. The van der Waals surface area contributed by atoms with Crippen LogP contribution in [0.2, 0.25) is 0 Å². The molecule has 3 rings (SSSR count). The summed E-state index contributed by atoms with van der Waals surface area (Å²) in [6.07, 6.45) is 1.34. The molecule has 1 unspecified atom stereocenters. The van der Waals surface area contributed by atoms with Gasteiger partial charge in [-0.25, -0.2) is 19.0 Å². The van der Waals surface area contributed by atoms with Crippen molar-refractivity contribution >= 4 is 18.0 Å². The van der Waals surface area contributed by atoms with Crippen molar-refractivity contribution in [2.75, 3.05) is 44.8 Å². The van der Waals surface area contributed by atoms with Crippen LogP contribution < -0.4 is 4.90 Å². The van der Waals surface area contributed by atoms with Gasteiger partial charge >= 0.3 is 11.9 Å². The SMILES string of the molecule is CCOC(=O)c1cnc(N2CCN(C(C(=O)OC)c3cccc(F)c3)CC2)o1. The number of hydrogen-bond acceptors (Lipinski definition) is 8. The Kier molecular flexibility index (Phi) is 6.25. The van der Waals surface area contributed by atoms with Gasteiger partial charge in [0.05, 0.1) is 19.9 Å². The summed E-state index contributed by atoms with van der Waals surface area (Å²) in [5.41, 5.74) is 0.543. The number of nitrogens with zero attached hydrogens (tertiary/aromatic N) is 3. The van der Waals surface area contributed by atoms with E-state index < -0.39 is 23.8 Å². The van der Waals surface area contributed by atoms with Gasteiger partial charge in [0.1, 0.15) is 11.9 Å². The van der Waals surface area contributed by atoms with E-state index in [0.29, 0.717) is 37.8 Å². The number of oxazole rings is 1. The maximum Gasteiger partial charge on any atom is 0.376 e. The first kappa shape index (κ1) is 19.8. The highest BCUT2D eigenvalue weighted by molar-refractivity contribution is 5.86. The number of methoxy groups -OCH3 is 1. The fourth-order valence-corrected chi connectivity index (χ4v) is 3.16. The van der Waals surface area contributed by atoms with E-state index in [9.17, 15) is 14.0 Å². The van der Waals surface area contributed by atoms with Gasteiger partial charge in [-0.05, 0) is 24.6 Å². The number of rotatable bonds is 6. The van der Waals surface area contributed by atoms with Gasteiger partial charge in [-0.3, -0.25) is 4.90 Å². The van der Waals surface area contributed by atoms with Gasteiger partial charge in [0.2, 0.25) is 5.76 Å². The van der Waals surface area contributed by atoms with Crippen molar-refractivity contribution in [1.82, 2.24) is 9.88 Å². The normalized spacial score (nSPS) is 15.9. The van der Waals surface area contributed by atoms with Crippen LogP contribution in [0, 0.1) is 5.82 Å². The minimum atomic E-state index is -0.692. The lowest BCUT2D eigenvalue weighted by atomic mass is 10.0. The van der Waals surface area contributed by atoms with Gasteiger partial charge in [0.15, 0.2) is 0 Å². The van der Waals surface area contributed by atoms with Crippen molar-refractivity contribution in [3.05, 3.63) is 47.6 Å². The molecule has 1 atom stereocenters. The Hall–Kier alpha value is -2.94. The summed E-state index contributed by atoms with van der Waals surface area (Å²) in [4.78, 5) is 32.0. The second-order valence-electron chi connectivity index (χ2n) is 6.23. The predicted molar refractivity (Wildman–Crippen MR) is 97.4 cm³/mol. The molecule has 0 amide bonds. The number of anilines is 1. The minimum Gasteiger partial charge on any atom is -0.468 e. The topological polar surface area (TPSA) is 85.1 Å². The maximum absolute atomic E-state index is 13.6. The molecule has 28 heavy (non-hydrogen) atoms. The summed E-state index contributed by atoms with van der Waals surface area (Å²) in [6, 6.07) is 5.58. The average Bonchev–Trinajstić information content (AvgIpc) is 3.19. The monoisotopic (exact) mass is 391 g/mol. The van der Waals surface area contributed by atoms with E-state index in [1.807, 2.05) is 9.80 Å². The predicted octanol–water partition coefficient (Wildman–Crippen LogP) is 2.03. The van der Waals surface area contributed by atoms with Crippen LogP contribution in [0.4, 0.5) is 10.4 Å². The molecule has 1 saturated heterocycles. The molecule has 0 bridgehead atoms. The lowest BCUT2D eigenvalue weighted by Crippen LogP contribution is -2.49. The fourth-order valence-electron chi connectivity index (χ4n) is 3.16. The lowest BCUT2D eigenvalue weighted by molar-refractivity contribution is -0.147. The van der Waals surface area contributed by atoms with Crippen LogP contribution in [0.25, 0.3) is 0 Å². The number of benzene rings is 1. The molecular weight excluding hydrogens is 369 g/mol. The number of hydrogen-bond donors (Lipinski definition) is 0. The third-order valence-electron chi connectivity index (χ3n) is 4.51. The molecule has 2 heterocycles. The second-order valence-corrected chi connectivity index (χ2v) is 6.23. The molecular formula is C19H22FN3O5. The molecule has 9 heteroatoms. The van der Waals surface area contributed by atoms with Crippen LogP contribution >= 0.6 is 0 Å². The third-order valence-corrected chi connectivity index (χ3v) is 4.51.